The van der Waals surface area contributed by atoms with Crippen LogP contribution in [0.3, 0.4) is 0 Å². The zero-order chi connectivity index (χ0) is 32.3. The van der Waals surface area contributed by atoms with E-state index in [4.69, 9.17) is 5.73 Å². The van der Waals surface area contributed by atoms with E-state index in [0.717, 1.165) is 6.07 Å². The van der Waals surface area contributed by atoms with E-state index in [9.17, 15) is 27.2 Å². The maximum absolute atomic E-state index is 15.5. The number of primary amides is 1. The number of fused-ring (bicyclic) bond motifs is 1. The third kappa shape index (κ3) is 5.89. The second-order valence-corrected chi connectivity index (χ2v) is 12.6. The van der Waals surface area contributed by atoms with E-state index in [0.29, 0.717) is 24.2 Å². The topological polar surface area (TPSA) is 100 Å². The van der Waals surface area contributed by atoms with Crippen LogP contribution in [0, 0.1) is 11.6 Å². The SMILES string of the molecule is CC(C(N)=O)(c1cn2c(n1)CC[C@@H]2c1cc(F)cc(F)c1)N1CCC(F)(F)[C@@H](c2c[nH]c(=O)c(CN3CCC(F)(F)CC3)c2)C1. The standard InChI is InChI=1S/C31H34F6N6O2/c1-29(28(38)45,25-17-43-24(2-3-26(43)40-25)18-11-21(32)13-22(33)12-18)42-9-6-31(36,37)23(16-42)19-10-20(27(44)39-14-19)15-41-7-4-30(34,35)5-8-41/h10-14,17,23-24H,2-9,15-16H2,1H3,(H2,38,45)(H,39,44)/t23-,24-,29?/m1/s1. The largest absolute Gasteiger partial charge is 0.368 e. The van der Waals surface area contributed by atoms with Crippen LogP contribution in [0.25, 0.3) is 0 Å². The van der Waals surface area contributed by atoms with E-state index in [2.05, 4.69) is 9.97 Å². The van der Waals surface area contributed by atoms with Crippen molar-refractivity contribution in [3.63, 3.8) is 0 Å². The van der Waals surface area contributed by atoms with Crippen molar-refractivity contribution in [2.24, 2.45) is 5.73 Å². The van der Waals surface area contributed by atoms with Crippen LogP contribution < -0.4 is 11.3 Å². The van der Waals surface area contributed by atoms with Crippen LogP contribution in [0.2, 0.25) is 0 Å². The fourth-order valence-corrected chi connectivity index (χ4v) is 6.87. The summed E-state index contributed by atoms with van der Waals surface area (Å²) < 4.78 is 88.0. The van der Waals surface area contributed by atoms with Crippen LogP contribution in [0.1, 0.15) is 72.8 Å². The number of H-pyrrole nitrogens is 1. The molecule has 2 fully saturated rings. The number of aromatic nitrogens is 3. The molecule has 1 unspecified atom stereocenters. The molecule has 5 heterocycles. The number of imidazole rings is 1. The molecule has 0 saturated carbocycles. The molecule has 1 aromatic carbocycles. The number of aryl methyl sites for hydroxylation is 1. The maximum atomic E-state index is 15.5. The second-order valence-electron chi connectivity index (χ2n) is 12.6. The first-order chi connectivity index (χ1) is 21.2. The number of benzene rings is 1. The van der Waals surface area contributed by atoms with E-state index in [1.807, 2.05) is 0 Å². The summed E-state index contributed by atoms with van der Waals surface area (Å²) in [4.78, 5) is 36.1. The van der Waals surface area contributed by atoms with Crippen molar-refractivity contribution < 1.29 is 31.1 Å². The van der Waals surface area contributed by atoms with E-state index in [1.165, 1.54) is 31.3 Å². The number of alkyl halides is 4. The summed E-state index contributed by atoms with van der Waals surface area (Å²) in [5.41, 5.74) is 4.81. The lowest BCUT2D eigenvalue weighted by Gasteiger charge is -2.45. The van der Waals surface area contributed by atoms with Crippen molar-refractivity contribution in [1.29, 1.82) is 0 Å². The van der Waals surface area contributed by atoms with Gasteiger partial charge >= 0.3 is 0 Å². The van der Waals surface area contributed by atoms with Crippen molar-refractivity contribution in [3.8, 4) is 0 Å². The minimum Gasteiger partial charge on any atom is -0.368 e. The van der Waals surface area contributed by atoms with Gasteiger partial charge in [-0.15, -0.1) is 0 Å². The molecular formula is C31H34F6N6O2. The second kappa shape index (κ2) is 11.3. The van der Waals surface area contributed by atoms with Crippen molar-refractivity contribution in [2.45, 2.75) is 74.9 Å². The summed E-state index contributed by atoms with van der Waals surface area (Å²) in [6, 6.07) is 4.22. The smallest absolute Gasteiger partial charge is 0.257 e. The van der Waals surface area contributed by atoms with E-state index < -0.39 is 58.9 Å². The zero-order valence-corrected chi connectivity index (χ0v) is 24.6. The Hall–Kier alpha value is -3.65. The number of carbonyl (C=O) groups is 1. The van der Waals surface area contributed by atoms with Crippen molar-refractivity contribution in [1.82, 2.24) is 24.3 Å². The van der Waals surface area contributed by atoms with Gasteiger partial charge in [-0.3, -0.25) is 19.4 Å². The number of hydrogen-bond donors (Lipinski definition) is 2. The normalized spacial score (nSPS) is 24.7. The highest BCUT2D eigenvalue weighted by atomic mass is 19.3. The molecule has 14 heteroatoms. The lowest BCUT2D eigenvalue weighted by molar-refractivity contribution is -0.139. The van der Waals surface area contributed by atoms with Gasteiger partial charge in [-0.05, 0) is 42.7 Å². The molecule has 2 aromatic heterocycles. The third-order valence-electron chi connectivity index (χ3n) is 9.68. The molecule has 6 rings (SSSR count). The van der Waals surface area contributed by atoms with Gasteiger partial charge in [-0.25, -0.2) is 31.3 Å². The summed E-state index contributed by atoms with van der Waals surface area (Å²) in [5.74, 6) is -9.05. The molecule has 3 atom stereocenters. The molecule has 0 bridgehead atoms. The van der Waals surface area contributed by atoms with Gasteiger partial charge in [0, 0.05) is 82.4 Å². The summed E-state index contributed by atoms with van der Waals surface area (Å²) >= 11 is 0. The molecule has 2 saturated heterocycles. The molecule has 45 heavy (non-hydrogen) atoms. The Balaban J connectivity index is 1.28. The third-order valence-corrected chi connectivity index (χ3v) is 9.68. The highest BCUT2D eigenvalue weighted by molar-refractivity contribution is 5.85. The summed E-state index contributed by atoms with van der Waals surface area (Å²) in [6.45, 7) is 1.23. The molecule has 0 spiro atoms. The molecular weight excluding hydrogens is 602 g/mol. The monoisotopic (exact) mass is 636 g/mol. The number of amides is 1. The van der Waals surface area contributed by atoms with Crippen LogP contribution in [-0.2, 0) is 23.3 Å². The first-order valence-corrected chi connectivity index (χ1v) is 14.9. The fourth-order valence-electron chi connectivity index (χ4n) is 6.87. The molecule has 8 nitrogen and oxygen atoms in total. The van der Waals surface area contributed by atoms with Gasteiger partial charge < -0.3 is 15.3 Å². The van der Waals surface area contributed by atoms with Crippen LogP contribution in [0.4, 0.5) is 26.3 Å². The number of nitrogens with zero attached hydrogens (tertiary/aromatic N) is 4. The van der Waals surface area contributed by atoms with Gasteiger partial charge in [-0.1, -0.05) is 0 Å². The number of hydrogen-bond acceptors (Lipinski definition) is 5. The van der Waals surface area contributed by atoms with Gasteiger partial charge in [-0.2, -0.15) is 0 Å². The Morgan fingerprint density at radius 2 is 1.73 bits per heavy atom. The predicted molar refractivity (Wildman–Crippen MR) is 152 cm³/mol. The molecule has 3 aliphatic rings. The van der Waals surface area contributed by atoms with Crippen LogP contribution in [-0.4, -0.2) is 68.3 Å². The molecule has 0 aliphatic carbocycles. The van der Waals surface area contributed by atoms with Gasteiger partial charge in [0.2, 0.25) is 5.91 Å². The quantitative estimate of drug-likeness (QED) is 0.374. The predicted octanol–water partition coefficient (Wildman–Crippen LogP) is 4.44. The maximum Gasteiger partial charge on any atom is 0.257 e. The summed E-state index contributed by atoms with van der Waals surface area (Å²) in [7, 11) is 0. The lowest BCUT2D eigenvalue weighted by atomic mass is 9.83. The average molecular weight is 637 g/mol. The Morgan fingerprint density at radius 1 is 1.04 bits per heavy atom. The van der Waals surface area contributed by atoms with Crippen molar-refractivity contribution >= 4 is 5.91 Å². The number of aromatic amines is 1. The van der Waals surface area contributed by atoms with Gasteiger partial charge in [0.05, 0.1) is 17.7 Å². The zero-order valence-electron chi connectivity index (χ0n) is 24.6. The first-order valence-electron chi connectivity index (χ1n) is 14.9. The Labute approximate surface area is 255 Å². The molecule has 3 aromatic rings. The van der Waals surface area contributed by atoms with Crippen LogP contribution in [0.15, 0.2) is 41.5 Å². The number of likely N-dealkylation sites (tertiary alicyclic amines) is 2. The number of nitrogens with one attached hydrogen (secondary N) is 1. The molecule has 242 valence electrons. The van der Waals surface area contributed by atoms with Gasteiger partial charge in [0.25, 0.3) is 17.4 Å². The average Bonchev–Trinajstić information content (AvgIpc) is 3.56. The summed E-state index contributed by atoms with van der Waals surface area (Å²) in [6.07, 6.45) is 2.54. The van der Waals surface area contributed by atoms with Gasteiger partial charge in [0.15, 0.2) is 0 Å². The number of rotatable bonds is 7. The van der Waals surface area contributed by atoms with E-state index in [-0.39, 0.29) is 62.4 Å². The van der Waals surface area contributed by atoms with Crippen LogP contribution in [0.5, 0.6) is 0 Å². The highest BCUT2D eigenvalue weighted by Gasteiger charge is 2.52. The molecule has 1 amide bonds. The Kier molecular flexibility index (Phi) is 7.87. The first kappa shape index (κ1) is 31.3. The number of carbonyl (C=O) groups excluding carboxylic acids is 1. The minimum absolute atomic E-state index is 0.0385. The van der Waals surface area contributed by atoms with E-state index in [1.54, 1.807) is 20.6 Å². The van der Waals surface area contributed by atoms with Crippen molar-refractivity contribution in [2.75, 3.05) is 26.2 Å². The number of halogens is 6. The Bertz CT molecular complexity index is 1640. The highest BCUT2D eigenvalue weighted by Crippen LogP contribution is 2.44. The number of pyridine rings is 1. The summed E-state index contributed by atoms with van der Waals surface area (Å²) in [5, 5.41) is 0. The Morgan fingerprint density at radius 3 is 2.40 bits per heavy atom. The molecule has 3 aliphatic heterocycles. The molecule has 3 N–H and O–H groups in total. The minimum atomic E-state index is -3.19. The lowest BCUT2D eigenvalue weighted by Crippen LogP contribution is -2.59. The van der Waals surface area contributed by atoms with E-state index >= 15 is 8.78 Å². The van der Waals surface area contributed by atoms with Gasteiger partial charge in [0.1, 0.15) is 23.0 Å². The molecule has 0 radical (unpaired) electrons. The van der Waals surface area contributed by atoms with Crippen LogP contribution >= 0.6 is 0 Å². The fraction of sp³-hybridized carbons (Fsp3) is 0.516. The van der Waals surface area contributed by atoms with Crippen molar-refractivity contribution in [3.05, 3.63) is 86.9 Å². The number of piperidine rings is 2. The number of nitrogens with two attached hydrogens (primary N) is 1.